The highest BCUT2D eigenvalue weighted by molar-refractivity contribution is 6.33. The first-order valence-corrected chi connectivity index (χ1v) is 6.17. The van der Waals surface area contributed by atoms with Crippen LogP contribution in [0.15, 0.2) is 11.0 Å². The monoisotopic (exact) mass is 282 g/mol. The average molecular weight is 283 g/mol. The summed E-state index contributed by atoms with van der Waals surface area (Å²) in [5, 5.41) is 9.33. The molecule has 102 valence electrons. The summed E-state index contributed by atoms with van der Waals surface area (Å²) in [6.07, 6.45) is 7.28. The Labute approximate surface area is 116 Å². The summed E-state index contributed by atoms with van der Waals surface area (Å²) >= 11 is 5.87. The zero-order valence-corrected chi connectivity index (χ0v) is 11.3. The Morgan fingerprint density at radius 2 is 2.37 bits per heavy atom. The van der Waals surface area contributed by atoms with Gasteiger partial charge in [0.1, 0.15) is 12.2 Å². The number of halogens is 1. The van der Waals surface area contributed by atoms with Crippen molar-refractivity contribution < 1.29 is 4.79 Å². The van der Waals surface area contributed by atoms with Gasteiger partial charge in [0.05, 0.1) is 17.8 Å². The van der Waals surface area contributed by atoms with Gasteiger partial charge in [0.2, 0.25) is 5.91 Å². The molecule has 0 spiro atoms. The lowest BCUT2D eigenvalue weighted by molar-refractivity contribution is -0.119. The van der Waals surface area contributed by atoms with Gasteiger partial charge in [-0.3, -0.25) is 9.59 Å². The molecule has 1 aromatic rings. The number of rotatable bonds is 6. The van der Waals surface area contributed by atoms with Gasteiger partial charge in [0.15, 0.2) is 0 Å². The lowest BCUT2D eigenvalue weighted by Crippen LogP contribution is -2.33. The third-order valence-corrected chi connectivity index (χ3v) is 2.52. The topological polar surface area (TPSA) is 76.0 Å². The Hall–Kier alpha value is -2.00. The van der Waals surface area contributed by atoms with Crippen molar-refractivity contribution in [3.63, 3.8) is 0 Å². The number of hydrogen-bond donors (Lipinski definition) is 2. The molecule has 0 radical (unpaired) electrons. The first kappa shape index (κ1) is 15.1. The number of hydrogen-bond acceptors (Lipinski definition) is 4. The predicted octanol–water partition coefficient (Wildman–Crippen LogP) is 0.468. The summed E-state index contributed by atoms with van der Waals surface area (Å²) in [6, 6.07) is 0. The van der Waals surface area contributed by atoms with Gasteiger partial charge in [-0.1, -0.05) is 24.4 Å². The fourth-order valence-corrected chi connectivity index (χ4v) is 1.51. The van der Waals surface area contributed by atoms with Crippen molar-refractivity contribution in [1.29, 1.82) is 0 Å². The summed E-state index contributed by atoms with van der Waals surface area (Å²) in [5.74, 6) is 2.10. The lowest BCUT2D eigenvalue weighted by atomic mass is 10.4. The van der Waals surface area contributed by atoms with Crippen molar-refractivity contribution in [1.82, 2.24) is 15.1 Å². The van der Waals surface area contributed by atoms with E-state index < -0.39 is 5.56 Å². The van der Waals surface area contributed by atoms with E-state index in [1.54, 1.807) is 0 Å². The normalized spacial score (nSPS) is 9.74. The van der Waals surface area contributed by atoms with Gasteiger partial charge in [-0.25, -0.2) is 4.68 Å². The molecule has 0 aliphatic carbocycles. The van der Waals surface area contributed by atoms with E-state index >= 15 is 0 Å². The maximum atomic E-state index is 11.9. The van der Waals surface area contributed by atoms with E-state index in [0.29, 0.717) is 6.54 Å². The number of terminal acetylenes is 1. The molecule has 0 fully saturated rings. The van der Waals surface area contributed by atoms with Crippen molar-refractivity contribution in [2.75, 3.05) is 18.4 Å². The van der Waals surface area contributed by atoms with Gasteiger partial charge < -0.3 is 10.6 Å². The zero-order chi connectivity index (χ0) is 14.3. The molecule has 0 aliphatic heterocycles. The Balaban J connectivity index is 2.78. The molecule has 7 heteroatoms. The predicted molar refractivity (Wildman–Crippen MR) is 74.1 cm³/mol. The summed E-state index contributed by atoms with van der Waals surface area (Å²) in [5.41, 5.74) is -0.327. The smallest absolute Gasteiger partial charge is 0.292 e. The van der Waals surface area contributed by atoms with Crippen molar-refractivity contribution >= 4 is 23.2 Å². The number of nitrogens with one attached hydrogen (secondary N) is 2. The molecule has 0 aromatic carbocycles. The Bertz CT molecular complexity index is 548. The van der Waals surface area contributed by atoms with Crippen LogP contribution < -0.4 is 16.2 Å². The van der Waals surface area contributed by atoms with Gasteiger partial charge in [-0.15, -0.1) is 6.42 Å². The molecule has 1 aromatic heterocycles. The highest BCUT2D eigenvalue weighted by Gasteiger charge is 2.10. The van der Waals surface area contributed by atoms with Crippen LogP contribution >= 0.6 is 11.6 Å². The van der Waals surface area contributed by atoms with Gasteiger partial charge in [0.25, 0.3) is 5.56 Å². The highest BCUT2D eigenvalue weighted by atomic mass is 35.5. The number of aromatic nitrogens is 2. The van der Waals surface area contributed by atoms with Crippen molar-refractivity contribution in [3.05, 3.63) is 21.6 Å². The Morgan fingerprint density at radius 1 is 1.63 bits per heavy atom. The molecule has 0 bridgehead atoms. The number of amides is 1. The van der Waals surface area contributed by atoms with E-state index in [-0.39, 0.29) is 29.7 Å². The third kappa shape index (κ3) is 4.30. The molecule has 2 N–H and O–H groups in total. The lowest BCUT2D eigenvalue weighted by Gasteiger charge is -2.09. The van der Waals surface area contributed by atoms with Crippen molar-refractivity contribution in [2.24, 2.45) is 0 Å². The van der Waals surface area contributed by atoms with Gasteiger partial charge in [0, 0.05) is 6.54 Å². The molecule has 0 saturated carbocycles. The van der Waals surface area contributed by atoms with E-state index in [2.05, 4.69) is 21.7 Å². The van der Waals surface area contributed by atoms with Crippen LogP contribution in [-0.4, -0.2) is 28.8 Å². The summed E-state index contributed by atoms with van der Waals surface area (Å²) < 4.78 is 1.10. The molecule has 0 atom stereocenters. The van der Waals surface area contributed by atoms with E-state index in [1.807, 2.05) is 6.92 Å². The molecule has 19 heavy (non-hydrogen) atoms. The second-order valence-electron chi connectivity index (χ2n) is 3.74. The third-order valence-electron chi connectivity index (χ3n) is 2.24. The average Bonchev–Trinajstić information content (AvgIpc) is 2.39. The van der Waals surface area contributed by atoms with Crippen LogP contribution in [0.2, 0.25) is 5.02 Å². The van der Waals surface area contributed by atoms with Gasteiger partial charge in [-0.05, 0) is 6.42 Å². The Morgan fingerprint density at radius 3 is 3.00 bits per heavy atom. The van der Waals surface area contributed by atoms with E-state index in [4.69, 9.17) is 18.0 Å². The summed E-state index contributed by atoms with van der Waals surface area (Å²) in [4.78, 5) is 23.4. The van der Waals surface area contributed by atoms with Crippen LogP contribution in [0.3, 0.4) is 0 Å². The minimum atomic E-state index is -0.450. The molecule has 1 amide bonds. The number of nitrogens with zero attached hydrogens (tertiary/aromatic N) is 2. The van der Waals surface area contributed by atoms with Crippen LogP contribution in [0.25, 0.3) is 0 Å². The maximum Gasteiger partial charge on any atom is 0.292 e. The van der Waals surface area contributed by atoms with Crippen LogP contribution in [0.1, 0.15) is 13.3 Å². The minimum absolute atomic E-state index is 0.0327. The molecule has 1 heterocycles. The van der Waals surface area contributed by atoms with Crippen LogP contribution in [-0.2, 0) is 11.3 Å². The van der Waals surface area contributed by atoms with Crippen LogP contribution in [0, 0.1) is 12.3 Å². The standard InChI is InChI=1S/C12H15ClN4O2/c1-3-5-14-10(18)8-15-11-9(13)7-16-17(6-4-2)12(11)19/h2,7,15H,3,5-6,8H2,1H3,(H,14,18). The zero-order valence-electron chi connectivity index (χ0n) is 10.6. The molecule has 6 nitrogen and oxygen atoms in total. The van der Waals surface area contributed by atoms with Crippen LogP contribution in [0.5, 0.6) is 0 Å². The second-order valence-corrected chi connectivity index (χ2v) is 4.15. The van der Waals surface area contributed by atoms with Crippen molar-refractivity contribution in [3.8, 4) is 12.3 Å². The van der Waals surface area contributed by atoms with Crippen LogP contribution in [0.4, 0.5) is 5.69 Å². The SMILES string of the molecule is C#CCn1ncc(Cl)c(NCC(=O)NCCC)c1=O. The maximum absolute atomic E-state index is 11.9. The second kappa shape index (κ2) is 7.44. The van der Waals surface area contributed by atoms with E-state index in [9.17, 15) is 9.59 Å². The van der Waals surface area contributed by atoms with Gasteiger partial charge >= 0.3 is 0 Å². The molecule has 0 unspecified atom stereocenters. The minimum Gasteiger partial charge on any atom is -0.370 e. The molecule has 0 saturated heterocycles. The Kier molecular flexibility index (Phi) is 5.90. The first-order chi connectivity index (χ1) is 9.10. The molecule has 1 rings (SSSR count). The number of carbonyl (C=O) groups excluding carboxylic acids is 1. The molecular formula is C12H15ClN4O2. The quantitative estimate of drug-likeness (QED) is 0.744. The van der Waals surface area contributed by atoms with Gasteiger partial charge in [-0.2, -0.15) is 5.10 Å². The van der Waals surface area contributed by atoms with E-state index in [1.165, 1.54) is 6.20 Å². The fourth-order valence-electron chi connectivity index (χ4n) is 1.32. The summed E-state index contributed by atoms with van der Waals surface area (Å²) in [6.45, 7) is 2.56. The van der Waals surface area contributed by atoms with Crippen molar-refractivity contribution in [2.45, 2.75) is 19.9 Å². The summed E-state index contributed by atoms with van der Waals surface area (Å²) in [7, 11) is 0. The molecule has 0 aliphatic rings. The largest absolute Gasteiger partial charge is 0.370 e. The number of carbonyl (C=O) groups is 1. The first-order valence-electron chi connectivity index (χ1n) is 5.79. The van der Waals surface area contributed by atoms with E-state index in [0.717, 1.165) is 11.1 Å². The highest BCUT2D eigenvalue weighted by Crippen LogP contribution is 2.14. The fraction of sp³-hybridized carbons (Fsp3) is 0.417. The number of anilines is 1. The molecular weight excluding hydrogens is 268 g/mol.